The first-order chi connectivity index (χ1) is 10.5. The van der Waals surface area contributed by atoms with Crippen LogP contribution in [0.25, 0.3) is 0 Å². The van der Waals surface area contributed by atoms with E-state index in [1.807, 2.05) is 0 Å². The van der Waals surface area contributed by atoms with E-state index in [-0.39, 0.29) is 29.4 Å². The highest BCUT2D eigenvalue weighted by molar-refractivity contribution is 6.14. The largest absolute Gasteiger partial charge is 0.507 e. The Morgan fingerprint density at radius 3 is 2.18 bits per heavy atom. The number of benzene rings is 2. The maximum Gasteiger partial charge on any atom is 0.221 e. The van der Waals surface area contributed by atoms with E-state index in [4.69, 9.17) is 0 Å². The highest BCUT2D eigenvalue weighted by atomic mass is 16.3. The molecule has 0 unspecified atom stereocenters. The average Bonchev–Trinajstić information content (AvgIpc) is 2.47. The number of rotatable bonds is 5. The molecule has 2 rings (SSSR count). The van der Waals surface area contributed by atoms with Crippen molar-refractivity contribution in [3.63, 3.8) is 0 Å². The van der Waals surface area contributed by atoms with Crippen molar-refractivity contribution in [1.29, 1.82) is 0 Å². The van der Waals surface area contributed by atoms with E-state index in [2.05, 4.69) is 5.32 Å². The van der Waals surface area contributed by atoms with Crippen LogP contribution in [0.5, 0.6) is 5.75 Å². The maximum absolute atomic E-state index is 12.1. The van der Waals surface area contributed by atoms with Crippen LogP contribution in [0, 0.1) is 0 Å². The molecule has 0 radical (unpaired) electrons. The third-order valence-corrected chi connectivity index (χ3v) is 3.05. The number of hydrogen-bond donors (Lipinski definition) is 2. The second-order valence-corrected chi connectivity index (χ2v) is 4.80. The Bertz CT molecular complexity index is 720. The number of phenols is 1. The summed E-state index contributed by atoms with van der Waals surface area (Å²) in [6.45, 7) is 1.39. The first kappa shape index (κ1) is 15.4. The summed E-state index contributed by atoms with van der Waals surface area (Å²) in [5.74, 6) is -1.12. The van der Waals surface area contributed by atoms with Gasteiger partial charge in [0, 0.05) is 18.2 Å². The van der Waals surface area contributed by atoms with Gasteiger partial charge < -0.3 is 10.4 Å². The molecule has 0 heterocycles. The van der Waals surface area contributed by atoms with Gasteiger partial charge in [-0.2, -0.15) is 0 Å². The number of carbonyl (C=O) groups excluding carboxylic acids is 3. The molecule has 0 saturated heterocycles. The molecule has 5 nitrogen and oxygen atoms in total. The molecule has 2 N–H and O–H groups in total. The molecular weight excluding hydrogens is 282 g/mol. The lowest BCUT2D eigenvalue weighted by molar-refractivity contribution is -0.114. The highest BCUT2D eigenvalue weighted by Gasteiger charge is 2.16. The van der Waals surface area contributed by atoms with Crippen molar-refractivity contribution in [1.82, 2.24) is 0 Å². The van der Waals surface area contributed by atoms with Gasteiger partial charge in [0.15, 0.2) is 11.6 Å². The van der Waals surface area contributed by atoms with Crippen molar-refractivity contribution >= 4 is 23.2 Å². The Kier molecular flexibility index (Phi) is 4.68. The van der Waals surface area contributed by atoms with E-state index in [1.54, 1.807) is 36.4 Å². The number of ketones is 2. The van der Waals surface area contributed by atoms with E-state index in [0.717, 1.165) is 0 Å². The lowest BCUT2D eigenvalue weighted by Gasteiger charge is -2.05. The third kappa shape index (κ3) is 3.79. The minimum atomic E-state index is -0.436. The van der Waals surface area contributed by atoms with Crippen LogP contribution in [0.4, 0.5) is 5.69 Å². The van der Waals surface area contributed by atoms with Gasteiger partial charge in [-0.3, -0.25) is 14.4 Å². The number of nitrogens with one attached hydrogen (secondary N) is 1. The molecule has 0 spiro atoms. The summed E-state index contributed by atoms with van der Waals surface area (Å²) in [6, 6.07) is 12.4. The zero-order chi connectivity index (χ0) is 16.1. The van der Waals surface area contributed by atoms with Gasteiger partial charge in [-0.1, -0.05) is 12.1 Å². The molecule has 0 bridgehead atoms. The van der Waals surface area contributed by atoms with Crippen LogP contribution in [0.15, 0.2) is 48.5 Å². The zero-order valence-corrected chi connectivity index (χ0v) is 12.0. The lowest BCUT2D eigenvalue weighted by Crippen LogP contribution is -2.09. The third-order valence-electron chi connectivity index (χ3n) is 3.05. The Morgan fingerprint density at radius 2 is 1.59 bits per heavy atom. The molecule has 112 valence electrons. The molecule has 0 aliphatic carbocycles. The van der Waals surface area contributed by atoms with E-state index in [0.29, 0.717) is 11.3 Å². The van der Waals surface area contributed by atoms with Gasteiger partial charge in [0.1, 0.15) is 5.75 Å². The summed E-state index contributed by atoms with van der Waals surface area (Å²) in [5.41, 5.74) is 1.08. The summed E-state index contributed by atoms with van der Waals surface area (Å²) in [4.78, 5) is 35.0. The quantitative estimate of drug-likeness (QED) is 0.656. The fourth-order valence-corrected chi connectivity index (χ4v) is 2.00. The zero-order valence-electron chi connectivity index (χ0n) is 12.0. The SMILES string of the molecule is CC(=O)Nc1ccc(C(=O)CC(=O)c2ccccc2O)cc1. The van der Waals surface area contributed by atoms with Crippen LogP contribution in [0.2, 0.25) is 0 Å². The van der Waals surface area contributed by atoms with E-state index in [1.165, 1.54) is 19.1 Å². The summed E-state index contributed by atoms with van der Waals surface area (Å²) < 4.78 is 0. The number of phenolic OH excluding ortho intramolecular Hbond substituents is 1. The van der Waals surface area contributed by atoms with Crippen molar-refractivity contribution < 1.29 is 19.5 Å². The Morgan fingerprint density at radius 1 is 0.955 bits per heavy atom. The molecule has 0 atom stereocenters. The molecule has 5 heteroatoms. The summed E-state index contributed by atoms with van der Waals surface area (Å²) in [6.07, 6.45) is -0.322. The molecule has 2 aromatic rings. The average molecular weight is 297 g/mol. The summed E-state index contributed by atoms with van der Waals surface area (Å²) >= 11 is 0. The topological polar surface area (TPSA) is 83.5 Å². The maximum atomic E-state index is 12.1. The smallest absolute Gasteiger partial charge is 0.221 e. The summed E-state index contributed by atoms with van der Waals surface area (Å²) in [5, 5.41) is 12.2. The predicted molar refractivity (Wildman–Crippen MR) is 82.1 cm³/mol. The molecule has 0 aliphatic heterocycles. The molecular formula is C17H15NO4. The van der Waals surface area contributed by atoms with Crippen LogP contribution in [0.1, 0.15) is 34.1 Å². The minimum absolute atomic E-state index is 0.130. The van der Waals surface area contributed by atoms with E-state index >= 15 is 0 Å². The fraction of sp³-hybridized carbons (Fsp3) is 0.118. The van der Waals surface area contributed by atoms with Crippen molar-refractivity contribution in [2.24, 2.45) is 0 Å². The minimum Gasteiger partial charge on any atom is -0.507 e. The van der Waals surface area contributed by atoms with Crippen LogP contribution >= 0.6 is 0 Å². The van der Waals surface area contributed by atoms with E-state index < -0.39 is 5.78 Å². The first-order valence-corrected chi connectivity index (χ1v) is 6.69. The van der Waals surface area contributed by atoms with Gasteiger partial charge in [0.05, 0.1) is 12.0 Å². The predicted octanol–water partition coefficient (Wildman–Crippen LogP) is 2.81. The van der Waals surface area contributed by atoms with Gasteiger partial charge in [-0.05, 0) is 36.4 Å². The number of para-hydroxylation sites is 1. The molecule has 2 aromatic carbocycles. The van der Waals surface area contributed by atoms with Gasteiger partial charge in [-0.15, -0.1) is 0 Å². The number of carbonyl (C=O) groups is 3. The van der Waals surface area contributed by atoms with Gasteiger partial charge in [-0.25, -0.2) is 0 Å². The second-order valence-electron chi connectivity index (χ2n) is 4.80. The van der Waals surface area contributed by atoms with Crippen LogP contribution < -0.4 is 5.32 Å². The van der Waals surface area contributed by atoms with Crippen molar-refractivity contribution in [3.8, 4) is 5.75 Å². The lowest BCUT2D eigenvalue weighted by atomic mass is 10.0. The second kappa shape index (κ2) is 6.67. The van der Waals surface area contributed by atoms with Gasteiger partial charge in [0.2, 0.25) is 5.91 Å². The number of anilines is 1. The number of aromatic hydroxyl groups is 1. The van der Waals surface area contributed by atoms with Crippen LogP contribution in [0.3, 0.4) is 0 Å². The Hall–Kier alpha value is -2.95. The Labute approximate surface area is 127 Å². The standard InChI is InChI=1S/C17H15NO4/c1-11(19)18-13-8-6-12(7-9-13)16(21)10-17(22)14-4-2-3-5-15(14)20/h2-9,20H,10H2,1H3,(H,18,19). The normalized spacial score (nSPS) is 10.0. The van der Waals surface area contributed by atoms with Crippen LogP contribution in [-0.4, -0.2) is 22.6 Å². The van der Waals surface area contributed by atoms with Gasteiger partial charge in [0.25, 0.3) is 0 Å². The van der Waals surface area contributed by atoms with Crippen molar-refractivity contribution in [2.75, 3.05) is 5.32 Å². The van der Waals surface area contributed by atoms with E-state index in [9.17, 15) is 19.5 Å². The highest BCUT2D eigenvalue weighted by Crippen LogP contribution is 2.19. The number of hydrogen-bond acceptors (Lipinski definition) is 4. The number of amides is 1. The Balaban J connectivity index is 2.07. The monoisotopic (exact) mass is 297 g/mol. The van der Waals surface area contributed by atoms with Crippen molar-refractivity contribution in [2.45, 2.75) is 13.3 Å². The van der Waals surface area contributed by atoms with Crippen LogP contribution in [-0.2, 0) is 4.79 Å². The van der Waals surface area contributed by atoms with Crippen molar-refractivity contribution in [3.05, 3.63) is 59.7 Å². The first-order valence-electron chi connectivity index (χ1n) is 6.69. The molecule has 0 saturated carbocycles. The molecule has 22 heavy (non-hydrogen) atoms. The summed E-state index contributed by atoms with van der Waals surface area (Å²) in [7, 11) is 0. The number of Topliss-reactive ketones (excluding diaryl/α,β-unsaturated/α-hetero) is 2. The molecule has 0 aromatic heterocycles. The fourth-order valence-electron chi connectivity index (χ4n) is 2.00. The molecule has 0 aliphatic rings. The molecule has 1 amide bonds. The van der Waals surface area contributed by atoms with Gasteiger partial charge >= 0.3 is 0 Å². The molecule has 0 fully saturated rings.